The third-order valence-corrected chi connectivity index (χ3v) is 14.8. The molecule has 16 nitrogen and oxygen atoms in total. The minimum absolute atomic E-state index is 0.0364. The summed E-state index contributed by atoms with van der Waals surface area (Å²) < 4.78 is 27.5. The minimum atomic E-state index is -3.25. The van der Waals surface area contributed by atoms with Gasteiger partial charge in [-0.25, -0.2) is 18.4 Å². The van der Waals surface area contributed by atoms with Crippen LogP contribution in [-0.2, 0) is 47.7 Å². The number of carbonyl (C=O) groups is 2. The van der Waals surface area contributed by atoms with Crippen molar-refractivity contribution in [3.8, 4) is 11.3 Å². The average Bonchev–Trinajstić information content (AvgIpc) is 3.79. The van der Waals surface area contributed by atoms with E-state index >= 15 is 0 Å². The fraction of sp³-hybridized carbons (Fsp3) is 0.408. The maximum Gasteiger partial charge on any atom is 0.293 e. The van der Waals surface area contributed by atoms with E-state index in [9.17, 15) is 27.9 Å². The van der Waals surface area contributed by atoms with Gasteiger partial charge in [-0.3, -0.25) is 24.2 Å². The first-order chi connectivity index (χ1) is 31.5. The van der Waals surface area contributed by atoms with Gasteiger partial charge in [0.1, 0.15) is 11.5 Å². The van der Waals surface area contributed by atoms with E-state index in [1.54, 1.807) is 48.6 Å². The molecule has 9 rings (SSSR count). The van der Waals surface area contributed by atoms with E-state index in [4.69, 9.17) is 4.98 Å². The second-order valence-electron chi connectivity index (χ2n) is 18.9. The quantitative estimate of drug-likeness (QED) is 0.145. The Hall–Kier alpha value is -6.30. The third kappa shape index (κ3) is 8.62. The van der Waals surface area contributed by atoms with Gasteiger partial charge in [-0.1, -0.05) is 20.4 Å². The van der Waals surface area contributed by atoms with Crippen molar-refractivity contribution in [3.63, 3.8) is 0 Å². The zero-order valence-corrected chi connectivity index (χ0v) is 39.1. The molecule has 6 heterocycles. The summed E-state index contributed by atoms with van der Waals surface area (Å²) in [5.74, 6) is -0.146. The summed E-state index contributed by atoms with van der Waals surface area (Å²) in [6.07, 6.45) is 9.47. The Kier molecular flexibility index (Phi) is 11.9. The maximum absolute atomic E-state index is 14.0. The number of hydrogen-bond donors (Lipinski definition) is 3. The lowest BCUT2D eigenvalue weighted by Crippen LogP contribution is -2.57. The van der Waals surface area contributed by atoms with Crippen LogP contribution in [0.5, 0.6) is 0 Å². The monoisotopic (exact) mass is 914 g/mol. The Morgan fingerprint density at radius 3 is 2.44 bits per heavy atom. The molecule has 3 N–H and O–H groups in total. The second kappa shape index (κ2) is 17.5. The molecule has 4 aliphatic rings. The summed E-state index contributed by atoms with van der Waals surface area (Å²) >= 11 is 0. The Bertz CT molecular complexity index is 2900. The summed E-state index contributed by atoms with van der Waals surface area (Å²) in [7, 11) is -1.61. The number of aromatic nitrogens is 4. The largest absolute Gasteiger partial charge is 0.392 e. The van der Waals surface area contributed by atoms with Crippen molar-refractivity contribution in [2.45, 2.75) is 76.6 Å². The number of fused-ring (bicyclic) bond motifs is 3. The molecule has 3 aromatic heterocycles. The van der Waals surface area contributed by atoms with Gasteiger partial charge in [0.05, 0.1) is 28.6 Å². The number of carbonyl (C=O) groups excluding carboxylic acids is 2. The van der Waals surface area contributed by atoms with Crippen molar-refractivity contribution in [2.24, 2.45) is 12.5 Å². The van der Waals surface area contributed by atoms with E-state index in [2.05, 4.69) is 62.2 Å². The van der Waals surface area contributed by atoms with Crippen molar-refractivity contribution in [1.82, 2.24) is 24.0 Å². The van der Waals surface area contributed by atoms with Crippen LogP contribution in [0.1, 0.15) is 60.9 Å². The summed E-state index contributed by atoms with van der Waals surface area (Å²) in [6, 6.07) is 17.0. The summed E-state index contributed by atoms with van der Waals surface area (Å²) in [6.45, 7) is 15.1. The lowest BCUT2D eigenvalue weighted by molar-refractivity contribution is -0.111. The molecule has 66 heavy (non-hydrogen) atoms. The van der Waals surface area contributed by atoms with Gasteiger partial charge in [0.25, 0.3) is 11.5 Å². The van der Waals surface area contributed by atoms with Crippen LogP contribution in [0.4, 0.5) is 34.4 Å². The molecule has 2 fully saturated rings. The Morgan fingerprint density at radius 1 is 0.985 bits per heavy atom. The smallest absolute Gasteiger partial charge is 0.293 e. The molecule has 0 bridgehead atoms. The molecule has 0 spiro atoms. The lowest BCUT2D eigenvalue weighted by atomic mass is 9.90. The number of nitrogens with zero attached hydrogens (tertiary/aromatic N) is 8. The number of anilines is 6. The Labute approximate surface area is 385 Å². The van der Waals surface area contributed by atoms with Crippen molar-refractivity contribution in [2.75, 3.05) is 70.9 Å². The van der Waals surface area contributed by atoms with Gasteiger partial charge >= 0.3 is 0 Å². The van der Waals surface area contributed by atoms with E-state index in [-0.39, 0.29) is 34.6 Å². The van der Waals surface area contributed by atoms with Crippen LogP contribution < -0.4 is 30.9 Å². The molecule has 346 valence electrons. The normalized spacial score (nSPS) is 18.8. The number of pyridine rings is 1. The number of piperazine rings is 1. The Morgan fingerprint density at radius 2 is 1.74 bits per heavy atom. The van der Waals surface area contributed by atoms with E-state index in [0.717, 1.165) is 69.8 Å². The number of nitrogens with one attached hydrogen (secondary N) is 2. The number of aliphatic hydroxyl groups excluding tert-OH is 1. The van der Waals surface area contributed by atoms with Gasteiger partial charge < -0.3 is 34.7 Å². The second-order valence-corrected chi connectivity index (χ2v) is 20.9. The summed E-state index contributed by atoms with van der Waals surface area (Å²) in [5.41, 5.74) is 7.16. The van der Waals surface area contributed by atoms with Crippen LogP contribution in [0.3, 0.4) is 0 Å². The van der Waals surface area contributed by atoms with Gasteiger partial charge in [0, 0.05) is 112 Å². The number of rotatable bonds is 11. The minimum Gasteiger partial charge on any atom is -0.392 e. The zero-order valence-electron chi connectivity index (χ0n) is 38.2. The highest BCUT2D eigenvalue weighted by molar-refractivity contribution is 7.90. The molecule has 3 aliphatic heterocycles. The number of amides is 2. The zero-order chi connectivity index (χ0) is 46.7. The topological polar surface area (TPSA) is 178 Å². The van der Waals surface area contributed by atoms with E-state index in [1.165, 1.54) is 28.2 Å². The molecule has 1 aliphatic carbocycles. The van der Waals surface area contributed by atoms with Gasteiger partial charge in [-0.15, -0.1) is 0 Å². The molecule has 5 aromatic rings. The number of hydrogen-bond acceptors (Lipinski definition) is 12. The maximum atomic E-state index is 14.0. The van der Waals surface area contributed by atoms with E-state index in [0.29, 0.717) is 63.7 Å². The van der Waals surface area contributed by atoms with Gasteiger partial charge in [-0.2, -0.15) is 0 Å². The molecular formula is C49H58N10O6S. The fourth-order valence-corrected chi connectivity index (χ4v) is 11.0. The SMILES string of the molecule is C=CC(=O)Nc1cc(Nc2nc(-c3ccnc(N4CCn5c(cc6c5CC(C)(C)C6)C4=O)c3CO)cn(C)c2=O)ccc1N1CCN(C2CCN(c3ccc(S(C)(=O)=O)cc3)CC2)C[C@@H]1C. The molecule has 2 saturated heterocycles. The number of aliphatic hydroxyl groups is 1. The molecular weight excluding hydrogens is 857 g/mol. The number of sulfone groups is 1. The van der Waals surface area contributed by atoms with Crippen LogP contribution in [0.25, 0.3) is 11.3 Å². The van der Waals surface area contributed by atoms with Gasteiger partial charge in [-0.05, 0) is 104 Å². The third-order valence-electron chi connectivity index (χ3n) is 13.7. The molecule has 2 aromatic carbocycles. The number of aryl methyl sites for hydroxylation is 1. The van der Waals surface area contributed by atoms with Crippen LogP contribution in [0.2, 0.25) is 0 Å². The molecule has 0 unspecified atom stereocenters. The van der Waals surface area contributed by atoms with Crippen molar-refractivity contribution < 1.29 is 23.1 Å². The predicted octanol–water partition coefficient (Wildman–Crippen LogP) is 5.37. The molecule has 2 amide bonds. The van der Waals surface area contributed by atoms with Crippen LogP contribution in [-0.4, -0.2) is 107 Å². The molecule has 17 heteroatoms. The first-order valence-electron chi connectivity index (χ1n) is 22.6. The molecule has 0 radical (unpaired) electrons. The lowest BCUT2D eigenvalue weighted by Gasteiger charge is -2.47. The summed E-state index contributed by atoms with van der Waals surface area (Å²) in [5, 5.41) is 17.0. The van der Waals surface area contributed by atoms with E-state index < -0.39 is 16.4 Å². The first kappa shape index (κ1) is 44.9. The number of piperidine rings is 1. The van der Waals surface area contributed by atoms with Crippen molar-refractivity contribution >= 4 is 56.0 Å². The van der Waals surface area contributed by atoms with Gasteiger partial charge in [0.15, 0.2) is 15.7 Å². The van der Waals surface area contributed by atoms with E-state index in [1.807, 2.05) is 30.3 Å². The number of benzene rings is 2. The van der Waals surface area contributed by atoms with Gasteiger partial charge in [0.2, 0.25) is 5.91 Å². The van der Waals surface area contributed by atoms with Crippen molar-refractivity contribution in [3.05, 3.63) is 113 Å². The molecule has 1 atom stereocenters. The predicted molar refractivity (Wildman–Crippen MR) is 258 cm³/mol. The summed E-state index contributed by atoms with van der Waals surface area (Å²) in [4.78, 5) is 59.0. The standard InChI is InChI=1S/C49H58N10O6S/c1-7-44(61)52-39-25-33(8-13-41(39)57-21-20-56(28-31(57)2)35-15-18-55(19-16-35)34-9-11-36(12-10-34)66(6,64)65)51-45-48(63)54(5)29-40(53-45)37-14-17-50-46(38(37)30-60)59-23-22-58-42(47(59)62)24-32-26-49(3,4)27-43(32)58/h7-14,17,24-25,29,31,35,60H,1,15-16,18-23,26-28,30H2,2-6H3,(H,51,53)(H,52,61)/t31-/m0/s1. The van der Waals surface area contributed by atoms with Crippen LogP contribution in [0.15, 0.2) is 89.3 Å². The molecule has 0 saturated carbocycles. The highest BCUT2D eigenvalue weighted by Crippen LogP contribution is 2.40. The van der Waals surface area contributed by atoms with Crippen molar-refractivity contribution in [1.29, 1.82) is 0 Å². The highest BCUT2D eigenvalue weighted by Gasteiger charge is 2.38. The fourth-order valence-electron chi connectivity index (χ4n) is 10.4. The van der Waals surface area contributed by atoms with Crippen LogP contribution >= 0.6 is 0 Å². The highest BCUT2D eigenvalue weighted by atomic mass is 32.2. The van der Waals surface area contributed by atoms with Crippen LogP contribution in [0, 0.1) is 5.41 Å². The Balaban J connectivity index is 0.916. The average molecular weight is 915 g/mol. The first-order valence-corrected chi connectivity index (χ1v) is 24.5.